The van der Waals surface area contributed by atoms with Crippen LogP contribution in [0.25, 0.3) is 11.3 Å². The Morgan fingerprint density at radius 2 is 1.89 bits per heavy atom. The van der Waals surface area contributed by atoms with E-state index in [2.05, 4.69) is 15.1 Å². The fourth-order valence-electron chi connectivity index (χ4n) is 2.66. The number of hydrogen-bond acceptors (Lipinski definition) is 7. The average Bonchev–Trinajstić information content (AvgIpc) is 3.14. The summed E-state index contributed by atoms with van der Waals surface area (Å²) in [6.45, 7) is 2.66. The summed E-state index contributed by atoms with van der Waals surface area (Å²) in [5, 5.41) is 6.65. The summed E-state index contributed by atoms with van der Waals surface area (Å²) >= 11 is 1.52. The normalized spacial score (nSPS) is 11.8. The molecule has 0 saturated carbocycles. The quantitative estimate of drug-likeness (QED) is 0.572. The molecule has 146 valence electrons. The lowest BCUT2D eigenvalue weighted by molar-refractivity contribution is 0.324. The maximum atomic E-state index is 5.48. The number of ether oxygens (including phenoxy) is 3. The Morgan fingerprint density at radius 3 is 2.46 bits per heavy atom. The molecule has 3 rings (SSSR count). The van der Waals surface area contributed by atoms with Crippen LogP contribution in [-0.4, -0.2) is 43.7 Å². The Bertz CT molecular complexity index is 1000. The van der Waals surface area contributed by atoms with E-state index < -0.39 is 0 Å². The molecule has 1 aromatic carbocycles. The first-order valence-electron chi connectivity index (χ1n) is 8.67. The number of benzene rings is 1. The second-order valence-corrected chi connectivity index (χ2v) is 6.47. The second kappa shape index (κ2) is 9.18. The van der Waals surface area contributed by atoms with Crippen molar-refractivity contribution in [2.24, 2.45) is 10.1 Å². The van der Waals surface area contributed by atoms with Crippen LogP contribution in [0.1, 0.15) is 12.5 Å². The molecule has 0 aliphatic heterocycles. The Balaban J connectivity index is 2.15. The number of methoxy groups -OCH3 is 3. The summed E-state index contributed by atoms with van der Waals surface area (Å²) in [4.78, 5) is 9.47. The molecule has 0 radical (unpaired) electrons. The highest BCUT2D eigenvalue weighted by Crippen LogP contribution is 2.41. The minimum atomic E-state index is 0.549. The Labute approximate surface area is 167 Å². The number of hydrogen-bond donors (Lipinski definition) is 0. The van der Waals surface area contributed by atoms with Crippen molar-refractivity contribution in [2.45, 2.75) is 6.92 Å². The van der Waals surface area contributed by atoms with Crippen molar-refractivity contribution in [3.63, 3.8) is 0 Å². The lowest BCUT2D eigenvalue weighted by atomic mass is 10.1. The van der Waals surface area contributed by atoms with Gasteiger partial charge in [0.2, 0.25) is 10.6 Å². The van der Waals surface area contributed by atoms with Gasteiger partial charge in [0, 0.05) is 35.4 Å². The summed E-state index contributed by atoms with van der Waals surface area (Å²) in [6, 6.07) is 7.61. The molecule has 7 nitrogen and oxygen atoms in total. The van der Waals surface area contributed by atoms with Crippen LogP contribution in [0.15, 0.2) is 52.1 Å². The highest BCUT2D eigenvalue weighted by molar-refractivity contribution is 7.07. The Morgan fingerprint density at radius 1 is 1.14 bits per heavy atom. The summed E-state index contributed by atoms with van der Waals surface area (Å²) < 4.78 is 18.2. The van der Waals surface area contributed by atoms with E-state index in [-0.39, 0.29) is 0 Å². The largest absolute Gasteiger partial charge is 0.493 e. The monoisotopic (exact) mass is 398 g/mol. The summed E-state index contributed by atoms with van der Waals surface area (Å²) in [7, 11) is 4.78. The molecule has 0 amide bonds. The molecular weight excluding hydrogens is 376 g/mol. The maximum absolute atomic E-state index is 5.48. The van der Waals surface area contributed by atoms with Gasteiger partial charge in [-0.1, -0.05) is 6.07 Å². The molecule has 0 fully saturated rings. The SMILES string of the molecule is CCN=c1scc(-c2cc(OC)c(OC)c(OC)c2)n1N=Cc1cccnc1. The molecule has 0 spiro atoms. The van der Waals surface area contributed by atoms with Crippen molar-refractivity contribution in [3.8, 4) is 28.5 Å². The third-order valence-electron chi connectivity index (χ3n) is 3.95. The molecule has 0 bridgehead atoms. The van der Waals surface area contributed by atoms with E-state index in [0.717, 1.165) is 21.6 Å². The van der Waals surface area contributed by atoms with Gasteiger partial charge in [0.05, 0.1) is 33.2 Å². The molecule has 0 atom stereocenters. The minimum absolute atomic E-state index is 0.549. The number of pyridine rings is 1. The van der Waals surface area contributed by atoms with E-state index in [4.69, 9.17) is 14.2 Å². The van der Waals surface area contributed by atoms with E-state index in [1.54, 1.807) is 39.9 Å². The highest BCUT2D eigenvalue weighted by Gasteiger charge is 2.16. The predicted octanol–water partition coefficient (Wildman–Crippen LogP) is 3.44. The van der Waals surface area contributed by atoms with Gasteiger partial charge in [-0.05, 0) is 25.1 Å². The molecule has 8 heteroatoms. The van der Waals surface area contributed by atoms with Gasteiger partial charge in [-0.2, -0.15) is 5.10 Å². The summed E-state index contributed by atoms with van der Waals surface area (Å²) in [6.07, 6.45) is 5.25. The molecular formula is C20H22N4O3S. The third kappa shape index (κ3) is 4.07. The standard InChI is InChI=1S/C20H22N4O3S/c1-5-22-20-24(23-12-14-7-6-8-21-11-14)16(13-28-20)15-9-17(25-2)19(27-4)18(10-15)26-3/h6-13H,5H2,1-4H3. The lowest BCUT2D eigenvalue weighted by Gasteiger charge is -2.14. The molecule has 2 heterocycles. The molecule has 0 N–H and O–H groups in total. The summed E-state index contributed by atoms with van der Waals surface area (Å²) in [5.74, 6) is 1.72. The second-order valence-electron chi connectivity index (χ2n) is 5.63. The van der Waals surface area contributed by atoms with Gasteiger partial charge in [-0.15, -0.1) is 11.3 Å². The first-order valence-corrected chi connectivity index (χ1v) is 9.55. The van der Waals surface area contributed by atoms with E-state index >= 15 is 0 Å². The zero-order valence-electron chi connectivity index (χ0n) is 16.2. The van der Waals surface area contributed by atoms with E-state index in [0.29, 0.717) is 23.8 Å². The van der Waals surface area contributed by atoms with Gasteiger partial charge in [-0.3, -0.25) is 9.98 Å². The topological polar surface area (TPSA) is 70.2 Å². The van der Waals surface area contributed by atoms with Gasteiger partial charge in [-0.25, -0.2) is 4.68 Å². The van der Waals surface area contributed by atoms with Crippen LogP contribution in [0.4, 0.5) is 0 Å². The highest BCUT2D eigenvalue weighted by atomic mass is 32.1. The zero-order valence-corrected chi connectivity index (χ0v) is 17.1. The molecule has 3 aromatic rings. The van der Waals surface area contributed by atoms with Crippen molar-refractivity contribution in [3.05, 3.63) is 52.4 Å². The number of thiazole rings is 1. The average molecular weight is 398 g/mol. The van der Waals surface area contributed by atoms with Crippen LogP contribution in [-0.2, 0) is 0 Å². The molecule has 0 unspecified atom stereocenters. The third-order valence-corrected chi connectivity index (χ3v) is 4.80. The van der Waals surface area contributed by atoms with Crippen molar-refractivity contribution in [1.29, 1.82) is 0 Å². The lowest BCUT2D eigenvalue weighted by Crippen LogP contribution is -2.12. The fraction of sp³-hybridized carbons (Fsp3) is 0.250. The van der Waals surface area contributed by atoms with Crippen LogP contribution >= 0.6 is 11.3 Å². The van der Waals surface area contributed by atoms with Crippen molar-refractivity contribution in [1.82, 2.24) is 9.66 Å². The molecule has 28 heavy (non-hydrogen) atoms. The minimum Gasteiger partial charge on any atom is -0.493 e. The predicted molar refractivity (Wildman–Crippen MR) is 111 cm³/mol. The van der Waals surface area contributed by atoms with Crippen LogP contribution in [0.5, 0.6) is 17.2 Å². The van der Waals surface area contributed by atoms with Gasteiger partial charge < -0.3 is 14.2 Å². The molecule has 2 aromatic heterocycles. The van der Waals surface area contributed by atoms with Crippen LogP contribution in [0, 0.1) is 0 Å². The fourth-order valence-corrected chi connectivity index (χ4v) is 3.56. The van der Waals surface area contributed by atoms with Crippen molar-refractivity contribution < 1.29 is 14.2 Å². The smallest absolute Gasteiger partial charge is 0.206 e. The van der Waals surface area contributed by atoms with Gasteiger partial charge in [0.25, 0.3) is 0 Å². The van der Waals surface area contributed by atoms with E-state index in [1.807, 2.05) is 41.2 Å². The molecule has 0 aliphatic rings. The first-order chi connectivity index (χ1) is 13.7. The van der Waals surface area contributed by atoms with Gasteiger partial charge in [0.1, 0.15) is 0 Å². The molecule has 0 saturated heterocycles. The van der Waals surface area contributed by atoms with Crippen molar-refractivity contribution in [2.75, 3.05) is 27.9 Å². The van der Waals surface area contributed by atoms with E-state index in [1.165, 1.54) is 11.3 Å². The summed E-state index contributed by atoms with van der Waals surface area (Å²) in [5.41, 5.74) is 2.66. The van der Waals surface area contributed by atoms with E-state index in [9.17, 15) is 0 Å². The van der Waals surface area contributed by atoms with Crippen LogP contribution in [0.3, 0.4) is 0 Å². The Hall–Kier alpha value is -3.13. The van der Waals surface area contributed by atoms with Crippen LogP contribution in [0.2, 0.25) is 0 Å². The maximum Gasteiger partial charge on any atom is 0.206 e. The van der Waals surface area contributed by atoms with Gasteiger partial charge in [0.15, 0.2) is 11.5 Å². The number of rotatable bonds is 7. The number of nitrogens with zero attached hydrogens (tertiary/aromatic N) is 4. The Kier molecular flexibility index (Phi) is 6.44. The van der Waals surface area contributed by atoms with Gasteiger partial charge >= 0.3 is 0 Å². The van der Waals surface area contributed by atoms with Crippen molar-refractivity contribution >= 4 is 17.6 Å². The first kappa shape index (κ1) is 19.6. The number of aromatic nitrogens is 2. The molecule has 0 aliphatic carbocycles. The van der Waals surface area contributed by atoms with Crippen LogP contribution < -0.4 is 19.0 Å². The zero-order chi connectivity index (χ0) is 19.9.